The lowest BCUT2D eigenvalue weighted by atomic mass is 10.6. The Morgan fingerprint density at radius 1 is 1.56 bits per heavy atom. The lowest BCUT2D eigenvalue weighted by Gasteiger charge is -1.71. The van der Waals surface area contributed by atoms with E-state index in [1.807, 2.05) is 0 Å². The van der Waals surface area contributed by atoms with Crippen LogP contribution in [0.25, 0.3) is 0 Å². The third-order valence-corrected chi connectivity index (χ3v) is 0.655. The summed E-state index contributed by atoms with van der Waals surface area (Å²) < 4.78 is 0. The predicted molar refractivity (Wildman–Crippen MR) is 27.8 cm³/mol. The first-order valence-electron chi connectivity index (χ1n) is 2.18. The van der Waals surface area contributed by atoms with E-state index < -0.39 is 11.3 Å². The van der Waals surface area contributed by atoms with E-state index in [0.29, 0.717) is 0 Å². The highest BCUT2D eigenvalue weighted by atomic mass is 16.3. The smallest absolute Gasteiger partial charge is 0.236 e. The summed E-state index contributed by atoms with van der Waals surface area (Å²) in [5.74, 6) is -0.419. The Bertz CT molecular complexity index is 262. The van der Waals surface area contributed by atoms with E-state index in [0.717, 1.165) is 12.3 Å². The van der Waals surface area contributed by atoms with Crippen LogP contribution in [-0.2, 0) is 0 Å². The van der Waals surface area contributed by atoms with Gasteiger partial charge in [-0.15, -0.1) is 5.10 Å². The van der Waals surface area contributed by atoms with Crippen molar-refractivity contribution in [1.82, 2.24) is 15.4 Å². The molecule has 46 valence electrons. The van der Waals surface area contributed by atoms with Crippen molar-refractivity contribution in [2.45, 2.75) is 0 Å². The molecule has 0 fully saturated rings. The van der Waals surface area contributed by atoms with Gasteiger partial charge in [-0.05, 0) is 5.21 Å². The summed E-state index contributed by atoms with van der Waals surface area (Å²) >= 11 is 0. The summed E-state index contributed by atoms with van der Waals surface area (Å²) in [6.07, 6.45) is 0.965. The quantitative estimate of drug-likeness (QED) is 0.478. The molecule has 5 nitrogen and oxygen atoms in total. The topological polar surface area (TPSA) is 76.0 Å². The van der Waals surface area contributed by atoms with E-state index in [2.05, 4.69) is 15.4 Å². The van der Waals surface area contributed by atoms with E-state index in [4.69, 9.17) is 5.11 Å². The second-order valence-corrected chi connectivity index (χ2v) is 1.34. The summed E-state index contributed by atoms with van der Waals surface area (Å²) in [5.41, 5.74) is -0.419. The Labute approximate surface area is 50.0 Å². The zero-order valence-electron chi connectivity index (χ0n) is 4.35. The Kier molecular flexibility index (Phi) is 1.35. The van der Waals surface area contributed by atoms with Gasteiger partial charge < -0.3 is 5.11 Å². The van der Waals surface area contributed by atoms with Crippen molar-refractivity contribution >= 4 is 0 Å². The van der Waals surface area contributed by atoms with Crippen LogP contribution in [0.4, 0.5) is 0 Å². The second kappa shape index (κ2) is 2.17. The first-order chi connectivity index (χ1) is 4.29. The van der Waals surface area contributed by atoms with Crippen LogP contribution < -0.4 is 5.43 Å². The zero-order valence-corrected chi connectivity index (χ0v) is 4.35. The van der Waals surface area contributed by atoms with E-state index in [1.165, 1.54) is 0 Å². The maximum Gasteiger partial charge on any atom is 0.236 e. The molecule has 0 aromatic carbocycles. The van der Waals surface area contributed by atoms with Crippen LogP contribution in [0, 0.1) is 0 Å². The number of aromatic nitrogens is 3. The van der Waals surface area contributed by atoms with E-state index in [1.54, 1.807) is 0 Å². The van der Waals surface area contributed by atoms with E-state index in [-0.39, 0.29) is 0 Å². The average molecular weight is 125 g/mol. The van der Waals surface area contributed by atoms with Gasteiger partial charge in [0.15, 0.2) is 0 Å². The van der Waals surface area contributed by atoms with Crippen LogP contribution in [0.5, 0.6) is 5.88 Å². The highest BCUT2D eigenvalue weighted by molar-refractivity contribution is 5.01. The van der Waals surface area contributed by atoms with E-state index >= 15 is 0 Å². The molecule has 1 rings (SSSR count). The van der Waals surface area contributed by atoms with Crippen molar-refractivity contribution in [3.05, 3.63) is 22.5 Å². The molecule has 0 saturated carbocycles. The molecular weight excluding hydrogens is 122 g/mol. The molecule has 0 saturated heterocycles. The SMILES string of the molecule is O=c1cnnnc(O)c1. The number of aromatic hydroxyl groups is 1. The Balaban J connectivity index is 3.37. The summed E-state index contributed by atoms with van der Waals surface area (Å²) in [4.78, 5) is 10.4. The Hall–Kier alpha value is -1.52. The average Bonchev–Trinajstić information content (AvgIpc) is 1.93. The van der Waals surface area contributed by atoms with Crippen molar-refractivity contribution in [3.63, 3.8) is 0 Å². The number of hydrogen-bond acceptors (Lipinski definition) is 5. The molecule has 0 aliphatic rings. The van der Waals surface area contributed by atoms with Gasteiger partial charge in [0.25, 0.3) is 0 Å². The van der Waals surface area contributed by atoms with Gasteiger partial charge in [0.1, 0.15) is 0 Å². The van der Waals surface area contributed by atoms with Crippen LogP contribution >= 0.6 is 0 Å². The van der Waals surface area contributed by atoms with Gasteiger partial charge in [-0.2, -0.15) is 0 Å². The first kappa shape index (κ1) is 5.61. The highest BCUT2D eigenvalue weighted by Crippen LogP contribution is 1.88. The molecule has 0 amide bonds. The van der Waals surface area contributed by atoms with Crippen molar-refractivity contribution in [1.29, 1.82) is 0 Å². The van der Waals surface area contributed by atoms with Gasteiger partial charge in [0, 0.05) is 0 Å². The highest BCUT2D eigenvalue weighted by Gasteiger charge is 1.85. The van der Waals surface area contributed by atoms with Crippen LogP contribution in [0.1, 0.15) is 0 Å². The molecule has 9 heavy (non-hydrogen) atoms. The molecule has 0 atom stereocenters. The molecule has 0 unspecified atom stereocenters. The molecule has 0 spiro atoms. The van der Waals surface area contributed by atoms with Gasteiger partial charge in [0.05, 0.1) is 12.3 Å². The maximum atomic E-state index is 10.4. The minimum atomic E-state index is -0.419. The zero-order chi connectivity index (χ0) is 6.69. The number of rotatable bonds is 0. The largest absolute Gasteiger partial charge is 0.492 e. The molecule has 0 radical (unpaired) electrons. The minimum absolute atomic E-state index is 0.419. The maximum absolute atomic E-state index is 10.4. The van der Waals surface area contributed by atoms with Crippen LogP contribution in [0.3, 0.4) is 0 Å². The monoisotopic (exact) mass is 125 g/mol. The van der Waals surface area contributed by atoms with Gasteiger partial charge in [0.2, 0.25) is 11.3 Å². The second-order valence-electron chi connectivity index (χ2n) is 1.34. The molecule has 1 aromatic heterocycles. The van der Waals surface area contributed by atoms with Crippen molar-refractivity contribution in [2.24, 2.45) is 0 Å². The molecular formula is C4H3N3O2. The number of nitrogens with zero attached hydrogens (tertiary/aromatic N) is 3. The summed E-state index contributed by atoms with van der Waals surface area (Å²) in [6.45, 7) is 0. The molecule has 0 bridgehead atoms. The lowest BCUT2D eigenvalue weighted by Crippen LogP contribution is -1.90. The van der Waals surface area contributed by atoms with Gasteiger partial charge in [-0.3, -0.25) is 4.79 Å². The van der Waals surface area contributed by atoms with Crippen molar-refractivity contribution in [3.8, 4) is 5.88 Å². The predicted octanol–water partition coefficient (Wildman–Crippen LogP) is -1.06. The van der Waals surface area contributed by atoms with Crippen LogP contribution in [0.15, 0.2) is 17.1 Å². The molecule has 0 aliphatic heterocycles. The Morgan fingerprint density at radius 2 is 2.33 bits per heavy atom. The fraction of sp³-hybridized carbons (Fsp3) is 0. The standard InChI is InChI=1S/C4H3N3O2/c8-3-1-4(9)6-7-5-2-3/h1-2,9H. The van der Waals surface area contributed by atoms with Crippen LogP contribution in [-0.4, -0.2) is 20.5 Å². The summed E-state index contributed by atoms with van der Waals surface area (Å²) in [5, 5.41) is 17.9. The Morgan fingerprint density at radius 3 is 3.11 bits per heavy atom. The number of hydrogen-bond donors (Lipinski definition) is 1. The molecule has 1 N–H and O–H groups in total. The third-order valence-electron chi connectivity index (χ3n) is 0.655. The molecule has 0 aliphatic carbocycles. The van der Waals surface area contributed by atoms with Crippen molar-refractivity contribution in [2.75, 3.05) is 0 Å². The van der Waals surface area contributed by atoms with E-state index in [9.17, 15) is 4.79 Å². The van der Waals surface area contributed by atoms with Gasteiger partial charge >= 0.3 is 0 Å². The fourth-order valence-corrected chi connectivity index (χ4v) is 0.348. The molecule has 1 heterocycles. The molecule has 1 aromatic rings. The van der Waals surface area contributed by atoms with Gasteiger partial charge in [-0.1, -0.05) is 5.10 Å². The molecule has 5 heteroatoms. The summed E-state index contributed by atoms with van der Waals surface area (Å²) in [6, 6.07) is 0.931. The summed E-state index contributed by atoms with van der Waals surface area (Å²) in [7, 11) is 0. The first-order valence-corrected chi connectivity index (χ1v) is 2.18. The normalized spacial score (nSPS) is 8.89. The lowest BCUT2D eigenvalue weighted by molar-refractivity contribution is 0.444. The minimum Gasteiger partial charge on any atom is -0.492 e. The van der Waals surface area contributed by atoms with Crippen LogP contribution in [0.2, 0.25) is 0 Å². The third kappa shape index (κ3) is 1.45. The fourth-order valence-electron chi connectivity index (χ4n) is 0.348. The van der Waals surface area contributed by atoms with Crippen molar-refractivity contribution < 1.29 is 5.11 Å². The van der Waals surface area contributed by atoms with Gasteiger partial charge in [-0.25, -0.2) is 0 Å².